The van der Waals surface area contributed by atoms with Gasteiger partial charge in [0.2, 0.25) is 6.04 Å². The molecule has 0 bridgehead atoms. The quantitative estimate of drug-likeness (QED) is 0.324. The third kappa shape index (κ3) is 6.72. The zero-order chi connectivity index (χ0) is 24.5. The number of ether oxygens (including phenoxy) is 4. The van der Waals surface area contributed by atoms with Gasteiger partial charge in [-0.05, 0) is 32.9 Å². The van der Waals surface area contributed by atoms with Gasteiger partial charge < -0.3 is 24.3 Å². The van der Waals surface area contributed by atoms with Gasteiger partial charge in [-0.1, -0.05) is 23.2 Å². The van der Waals surface area contributed by atoms with Crippen LogP contribution in [0.25, 0.3) is 0 Å². The Kier molecular flexibility index (Phi) is 9.74. The molecule has 0 saturated carbocycles. The van der Waals surface area contributed by atoms with Crippen LogP contribution in [-0.4, -0.2) is 45.2 Å². The Labute approximate surface area is 202 Å². The number of halogens is 2. The number of Topliss-reactive ketones (excluding diaryl/α,β-unsaturated/α-hetero) is 1. The number of nitrogens with one attached hydrogen (secondary N) is 1. The van der Waals surface area contributed by atoms with Crippen LogP contribution in [0.15, 0.2) is 34.5 Å². The first-order valence-electron chi connectivity index (χ1n) is 9.98. The summed E-state index contributed by atoms with van der Waals surface area (Å²) in [5.74, 6) is 0.188. The fourth-order valence-electron chi connectivity index (χ4n) is 2.74. The van der Waals surface area contributed by atoms with Gasteiger partial charge in [-0.15, -0.1) is 0 Å². The number of ketones is 1. The summed E-state index contributed by atoms with van der Waals surface area (Å²) in [4.78, 5) is 25.0. The molecule has 0 saturated heterocycles. The predicted octanol–water partition coefficient (Wildman–Crippen LogP) is 5.49. The number of carbonyl (C=O) groups is 2. The summed E-state index contributed by atoms with van der Waals surface area (Å²) in [5.41, 5.74) is 0.489. The molecule has 2 aromatic rings. The van der Waals surface area contributed by atoms with Crippen molar-refractivity contribution >= 4 is 46.3 Å². The van der Waals surface area contributed by atoms with Crippen LogP contribution in [0.3, 0.4) is 0 Å². The smallest absolute Gasteiger partial charge is 0.258 e. The molecule has 0 aliphatic heterocycles. The Bertz CT molecular complexity index is 1050. The van der Waals surface area contributed by atoms with Gasteiger partial charge in [-0.3, -0.25) is 9.59 Å². The van der Waals surface area contributed by atoms with Crippen LogP contribution in [0.5, 0.6) is 23.0 Å². The van der Waals surface area contributed by atoms with Crippen LogP contribution >= 0.6 is 23.2 Å². The molecule has 0 heterocycles. The summed E-state index contributed by atoms with van der Waals surface area (Å²) in [5, 5.41) is 11.1. The second-order valence-corrected chi connectivity index (χ2v) is 7.34. The maximum atomic E-state index is 12.9. The van der Waals surface area contributed by atoms with Crippen molar-refractivity contribution in [1.29, 1.82) is 0 Å². The SMILES string of the molecule is CCOc1cc(OCC)c(NC(=O)C(N=Nc2cc(Cl)c(OC)cc2OC)C(C)=O)cc1Cl. The van der Waals surface area contributed by atoms with E-state index in [1.54, 1.807) is 13.0 Å². The van der Waals surface area contributed by atoms with Gasteiger partial charge in [0.15, 0.2) is 5.78 Å². The Balaban J connectivity index is 2.34. The molecular formula is C22H25Cl2N3O6. The molecule has 0 aliphatic carbocycles. The highest BCUT2D eigenvalue weighted by Crippen LogP contribution is 2.38. The van der Waals surface area contributed by atoms with E-state index in [4.69, 9.17) is 42.1 Å². The highest BCUT2D eigenvalue weighted by atomic mass is 35.5. The maximum Gasteiger partial charge on any atom is 0.258 e. The van der Waals surface area contributed by atoms with Crippen molar-refractivity contribution < 1.29 is 28.5 Å². The average Bonchev–Trinajstić information content (AvgIpc) is 2.77. The summed E-state index contributed by atoms with van der Waals surface area (Å²) >= 11 is 12.4. The maximum absolute atomic E-state index is 12.9. The number of carbonyl (C=O) groups excluding carboxylic acids is 2. The molecule has 1 N–H and O–H groups in total. The third-order valence-corrected chi connectivity index (χ3v) is 4.85. The van der Waals surface area contributed by atoms with Crippen molar-refractivity contribution in [2.24, 2.45) is 10.2 Å². The fraction of sp³-hybridized carbons (Fsp3) is 0.364. The van der Waals surface area contributed by atoms with Gasteiger partial charge >= 0.3 is 0 Å². The molecule has 1 unspecified atom stereocenters. The van der Waals surface area contributed by atoms with E-state index in [-0.39, 0.29) is 21.4 Å². The van der Waals surface area contributed by atoms with Crippen molar-refractivity contribution in [3.63, 3.8) is 0 Å². The number of nitrogens with zero attached hydrogens (tertiary/aromatic N) is 2. The molecule has 2 aromatic carbocycles. The summed E-state index contributed by atoms with van der Waals surface area (Å²) in [7, 11) is 2.89. The molecule has 178 valence electrons. The summed E-state index contributed by atoms with van der Waals surface area (Å²) < 4.78 is 21.4. The lowest BCUT2D eigenvalue weighted by molar-refractivity contribution is -0.126. The molecule has 0 fully saturated rings. The van der Waals surface area contributed by atoms with Gasteiger partial charge in [0.05, 0.1) is 43.2 Å². The lowest BCUT2D eigenvalue weighted by Crippen LogP contribution is -2.32. The molecule has 1 atom stereocenters. The number of hydrogen-bond acceptors (Lipinski definition) is 8. The highest BCUT2D eigenvalue weighted by molar-refractivity contribution is 6.32. The van der Waals surface area contributed by atoms with E-state index in [1.807, 2.05) is 6.92 Å². The van der Waals surface area contributed by atoms with E-state index >= 15 is 0 Å². The third-order valence-electron chi connectivity index (χ3n) is 4.26. The molecule has 2 rings (SSSR count). The van der Waals surface area contributed by atoms with Gasteiger partial charge in [0, 0.05) is 12.1 Å². The van der Waals surface area contributed by atoms with E-state index < -0.39 is 17.7 Å². The lowest BCUT2D eigenvalue weighted by atomic mass is 10.2. The Morgan fingerprint density at radius 2 is 1.48 bits per heavy atom. The molecule has 11 heteroatoms. The van der Waals surface area contributed by atoms with Crippen LogP contribution in [0.1, 0.15) is 20.8 Å². The van der Waals surface area contributed by atoms with E-state index in [0.29, 0.717) is 36.2 Å². The molecule has 1 amide bonds. The zero-order valence-corrected chi connectivity index (χ0v) is 20.4. The number of azo groups is 1. The van der Waals surface area contributed by atoms with Crippen molar-refractivity contribution in [1.82, 2.24) is 0 Å². The van der Waals surface area contributed by atoms with Crippen LogP contribution < -0.4 is 24.3 Å². The molecule has 0 spiro atoms. The molecule has 9 nitrogen and oxygen atoms in total. The molecule has 0 radical (unpaired) electrons. The van der Waals surface area contributed by atoms with E-state index in [1.165, 1.54) is 39.3 Å². The predicted molar refractivity (Wildman–Crippen MR) is 126 cm³/mol. The van der Waals surface area contributed by atoms with Crippen molar-refractivity contribution in [2.45, 2.75) is 26.8 Å². The monoisotopic (exact) mass is 497 g/mol. The lowest BCUT2D eigenvalue weighted by Gasteiger charge is -2.16. The van der Waals surface area contributed by atoms with Gasteiger partial charge in [0.1, 0.15) is 28.7 Å². The van der Waals surface area contributed by atoms with E-state index in [0.717, 1.165) is 0 Å². The number of anilines is 1. The Morgan fingerprint density at radius 3 is 2.06 bits per heavy atom. The van der Waals surface area contributed by atoms with Crippen LogP contribution in [-0.2, 0) is 9.59 Å². The first-order chi connectivity index (χ1) is 15.7. The second kappa shape index (κ2) is 12.3. The van der Waals surface area contributed by atoms with Crippen LogP contribution in [0, 0.1) is 0 Å². The van der Waals surface area contributed by atoms with Crippen molar-refractivity contribution in [2.75, 3.05) is 32.8 Å². The van der Waals surface area contributed by atoms with Gasteiger partial charge in [-0.25, -0.2) is 0 Å². The second-order valence-electron chi connectivity index (χ2n) is 6.52. The fourth-order valence-corrected chi connectivity index (χ4v) is 3.19. The number of amides is 1. The molecule has 0 aromatic heterocycles. The topological polar surface area (TPSA) is 108 Å². The average molecular weight is 498 g/mol. The number of methoxy groups -OCH3 is 2. The standard InChI is InChI=1S/C22H25Cl2N3O6/c1-6-32-18-11-20(33-7-2)15(8-14(18)24)25-22(29)21(12(3)28)27-26-16-9-13(23)17(30-4)10-19(16)31-5/h8-11,21H,6-7H2,1-5H3,(H,25,29). The van der Waals surface area contributed by atoms with Crippen molar-refractivity contribution in [3.05, 3.63) is 34.3 Å². The van der Waals surface area contributed by atoms with Crippen LogP contribution in [0.4, 0.5) is 11.4 Å². The summed E-state index contributed by atoms with van der Waals surface area (Å²) in [6, 6.07) is 4.60. The molecule has 33 heavy (non-hydrogen) atoms. The molecule has 0 aliphatic rings. The van der Waals surface area contributed by atoms with E-state index in [9.17, 15) is 9.59 Å². The first-order valence-corrected chi connectivity index (χ1v) is 10.7. The minimum Gasteiger partial charge on any atom is -0.495 e. The van der Waals surface area contributed by atoms with Crippen LogP contribution in [0.2, 0.25) is 10.0 Å². The van der Waals surface area contributed by atoms with Gasteiger partial charge in [-0.2, -0.15) is 10.2 Å². The Hall–Kier alpha value is -3.04. The first kappa shape index (κ1) is 26.2. The normalized spacial score (nSPS) is 11.7. The number of rotatable bonds is 11. The zero-order valence-electron chi connectivity index (χ0n) is 18.9. The van der Waals surface area contributed by atoms with Crippen molar-refractivity contribution in [3.8, 4) is 23.0 Å². The minimum atomic E-state index is -1.43. The van der Waals surface area contributed by atoms with E-state index in [2.05, 4.69) is 15.5 Å². The van der Waals surface area contributed by atoms with Gasteiger partial charge in [0.25, 0.3) is 5.91 Å². The minimum absolute atomic E-state index is 0.224. The molecular weight excluding hydrogens is 473 g/mol. The highest BCUT2D eigenvalue weighted by Gasteiger charge is 2.25. The Morgan fingerprint density at radius 1 is 0.909 bits per heavy atom. The largest absolute Gasteiger partial charge is 0.495 e. The number of hydrogen-bond donors (Lipinski definition) is 1. The number of benzene rings is 2. The summed E-state index contributed by atoms with van der Waals surface area (Å²) in [6.07, 6.45) is 0. The summed E-state index contributed by atoms with van der Waals surface area (Å²) in [6.45, 7) is 5.59.